The topological polar surface area (TPSA) is 39.2 Å². The second-order valence-electron chi connectivity index (χ2n) is 4.58. The predicted molar refractivity (Wildman–Crippen MR) is 67.1 cm³/mol. The van der Waals surface area contributed by atoms with Gasteiger partial charge in [-0.25, -0.2) is 0 Å². The highest BCUT2D eigenvalue weighted by Crippen LogP contribution is 2.23. The highest BCUT2D eigenvalue weighted by Gasteiger charge is 2.15. The van der Waals surface area contributed by atoms with Crippen molar-refractivity contribution in [1.82, 2.24) is 0 Å². The quantitative estimate of drug-likeness (QED) is 0.812. The summed E-state index contributed by atoms with van der Waals surface area (Å²) in [6.07, 6.45) is 0.971. The molecule has 1 heterocycles. The Morgan fingerprint density at radius 3 is 2.53 bits per heavy atom. The lowest BCUT2D eigenvalue weighted by atomic mass is 9.97. The Balaban J connectivity index is 2.31. The number of nitrogens with two attached hydrogens (primary N) is 1. The van der Waals surface area contributed by atoms with E-state index in [0.717, 1.165) is 36.0 Å². The third-order valence-electron chi connectivity index (χ3n) is 2.36. The number of hydrogen-bond acceptors (Lipinski definition) is 3. The molecule has 0 fully saturated rings. The second-order valence-corrected chi connectivity index (χ2v) is 5.57. The lowest BCUT2D eigenvalue weighted by Crippen LogP contribution is -2.25. The summed E-state index contributed by atoms with van der Waals surface area (Å²) in [6, 6.07) is 4.13. The third-order valence-corrected chi connectivity index (χ3v) is 3.83. The molecule has 0 bridgehead atoms. The Morgan fingerprint density at radius 1 is 1.33 bits per heavy atom. The molecule has 0 saturated carbocycles. The SMILES string of the molecule is CCc1ccc(CSCC(C)(C)CN)o1. The van der Waals surface area contributed by atoms with E-state index in [1.165, 1.54) is 0 Å². The van der Waals surface area contributed by atoms with E-state index in [9.17, 15) is 0 Å². The smallest absolute Gasteiger partial charge is 0.114 e. The highest BCUT2D eigenvalue weighted by molar-refractivity contribution is 7.98. The van der Waals surface area contributed by atoms with Gasteiger partial charge in [-0.3, -0.25) is 0 Å². The Morgan fingerprint density at radius 2 is 2.00 bits per heavy atom. The third kappa shape index (κ3) is 4.31. The molecule has 15 heavy (non-hydrogen) atoms. The van der Waals surface area contributed by atoms with E-state index in [-0.39, 0.29) is 5.41 Å². The number of hydrogen-bond donors (Lipinski definition) is 1. The minimum absolute atomic E-state index is 0.227. The fraction of sp³-hybridized carbons (Fsp3) is 0.667. The van der Waals surface area contributed by atoms with Gasteiger partial charge in [-0.15, -0.1) is 0 Å². The maximum Gasteiger partial charge on any atom is 0.114 e. The fourth-order valence-electron chi connectivity index (χ4n) is 1.18. The van der Waals surface area contributed by atoms with Crippen LogP contribution in [0.15, 0.2) is 16.5 Å². The molecule has 2 nitrogen and oxygen atoms in total. The van der Waals surface area contributed by atoms with Gasteiger partial charge in [-0.05, 0) is 24.1 Å². The van der Waals surface area contributed by atoms with Crippen LogP contribution in [0.4, 0.5) is 0 Å². The molecule has 0 aromatic carbocycles. The van der Waals surface area contributed by atoms with E-state index in [2.05, 4.69) is 32.9 Å². The van der Waals surface area contributed by atoms with Gasteiger partial charge in [0.15, 0.2) is 0 Å². The van der Waals surface area contributed by atoms with Crippen LogP contribution in [0.5, 0.6) is 0 Å². The summed E-state index contributed by atoms with van der Waals surface area (Å²) in [5.41, 5.74) is 5.90. The van der Waals surface area contributed by atoms with E-state index in [1.54, 1.807) is 0 Å². The molecular formula is C12H21NOS. The summed E-state index contributed by atoms with van der Waals surface area (Å²) >= 11 is 1.89. The van der Waals surface area contributed by atoms with Crippen LogP contribution in [-0.2, 0) is 12.2 Å². The zero-order valence-electron chi connectivity index (χ0n) is 9.88. The molecule has 0 atom stereocenters. The first-order chi connectivity index (χ1) is 7.07. The Labute approximate surface area is 96.6 Å². The van der Waals surface area contributed by atoms with Crippen molar-refractivity contribution in [2.75, 3.05) is 12.3 Å². The van der Waals surface area contributed by atoms with Gasteiger partial charge in [-0.2, -0.15) is 11.8 Å². The summed E-state index contributed by atoms with van der Waals surface area (Å²) < 4.78 is 5.63. The van der Waals surface area contributed by atoms with Crippen molar-refractivity contribution in [3.8, 4) is 0 Å². The minimum atomic E-state index is 0.227. The molecule has 0 spiro atoms. The molecular weight excluding hydrogens is 206 g/mol. The lowest BCUT2D eigenvalue weighted by Gasteiger charge is -2.21. The van der Waals surface area contributed by atoms with Gasteiger partial charge < -0.3 is 10.2 Å². The Hall–Kier alpha value is -0.410. The molecule has 0 saturated heterocycles. The van der Waals surface area contributed by atoms with E-state index < -0.39 is 0 Å². The predicted octanol–water partition coefficient (Wildman–Crippen LogP) is 3.06. The van der Waals surface area contributed by atoms with Crippen molar-refractivity contribution in [3.05, 3.63) is 23.7 Å². The standard InChI is InChI=1S/C12H21NOS/c1-4-10-5-6-11(14-10)7-15-9-12(2,3)8-13/h5-6H,4,7-9,13H2,1-3H3. The van der Waals surface area contributed by atoms with Gasteiger partial charge >= 0.3 is 0 Å². The van der Waals surface area contributed by atoms with Crippen molar-refractivity contribution in [3.63, 3.8) is 0 Å². The monoisotopic (exact) mass is 227 g/mol. The first kappa shape index (κ1) is 12.7. The van der Waals surface area contributed by atoms with Crippen molar-refractivity contribution in [2.45, 2.75) is 32.9 Å². The molecule has 0 aliphatic heterocycles. The van der Waals surface area contributed by atoms with Crippen molar-refractivity contribution >= 4 is 11.8 Å². The summed E-state index contributed by atoms with van der Waals surface area (Å²) in [4.78, 5) is 0. The van der Waals surface area contributed by atoms with E-state index in [0.29, 0.717) is 0 Å². The van der Waals surface area contributed by atoms with Crippen LogP contribution in [0.3, 0.4) is 0 Å². The summed E-state index contributed by atoms with van der Waals surface area (Å²) in [7, 11) is 0. The maximum atomic E-state index is 5.67. The van der Waals surface area contributed by atoms with Crippen LogP contribution in [0.1, 0.15) is 32.3 Å². The van der Waals surface area contributed by atoms with Crippen LogP contribution < -0.4 is 5.73 Å². The van der Waals surface area contributed by atoms with Crippen molar-refractivity contribution < 1.29 is 4.42 Å². The van der Waals surface area contributed by atoms with Crippen LogP contribution in [0, 0.1) is 5.41 Å². The molecule has 0 aliphatic carbocycles. The molecule has 1 aromatic heterocycles. The molecule has 0 radical (unpaired) electrons. The summed E-state index contributed by atoms with van der Waals surface area (Å²) in [6.45, 7) is 7.23. The zero-order valence-corrected chi connectivity index (χ0v) is 10.7. The summed E-state index contributed by atoms with van der Waals surface area (Å²) in [5, 5.41) is 0. The van der Waals surface area contributed by atoms with Gasteiger partial charge in [0.05, 0.1) is 5.75 Å². The Bertz CT molecular complexity index is 294. The molecule has 0 aliphatic rings. The summed E-state index contributed by atoms with van der Waals surface area (Å²) in [5.74, 6) is 4.17. The highest BCUT2D eigenvalue weighted by atomic mass is 32.2. The molecule has 0 amide bonds. The van der Waals surface area contributed by atoms with Gasteiger partial charge in [0.2, 0.25) is 0 Å². The average molecular weight is 227 g/mol. The number of rotatable bonds is 6. The number of furan rings is 1. The van der Waals surface area contributed by atoms with Crippen LogP contribution in [0.2, 0.25) is 0 Å². The molecule has 1 aromatic rings. The second kappa shape index (κ2) is 5.61. The van der Waals surface area contributed by atoms with Gasteiger partial charge in [0, 0.05) is 12.2 Å². The first-order valence-electron chi connectivity index (χ1n) is 5.43. The van der Waals surface area contributed by atoms with E-state index >= 15 is 0 Å². The molecule has 3 heteroatoms. The van der Waals surface area contributed by atoms with Gasteiger partial charge in [0.25, 0.3) is 0 Å². The van der Waals surface area contributed by atoms with E-state index in [4.69, 9.17) is 10.2 Å². The van der Waals surface area contributed by atoms with Gasteiger partial charge in [0.1, 0.15) is 11.5 Å². The van der Waals surface area contributed by atoms with Crippen LogP contribution in [-0.4, -0.2) is 12.3 Å². The normalized spacial score (nSPS) is 12.0. The average Bonchev–Trinajstić information content (AvgIpc) is 2.66. The molecule has 2 N–H and O–H groups in total. The van der Waals surface area contributed by atoms with E-state index in [1.807, 2.05) is 11.8 Å². The largest absolute Gasteiger partial charge is 0.465 e. The number of aryl methyl sites for hydroxylation is 1. The van der Waals surface area contributed by atoms with Crippen LogP contribution >= 0.6 is 11.8 Å². The lowest BCUT2D eigenvalue weighted by molar-refractivity contribution is 0.437. The zero-order chi connectivity index (χ0) is 11.3. The fourth-order valence-corrected chi connectivity index (χ4v) is 2.31. The van der Waals surface area contributed by atoms with Gasteiger partial charge in [-0.1, -0.05) is 20.8 Å². The Kier molecular flexibility index (Phi) is 4.74. The van der Waals surface area contributed by atoms with Crippen molar-refractivity contribution in [1.29, 1.82) is 0 Å². The molecule has 0 unspecified atom stereocenters. The van der Waals surface area contributed by atoms with Crippen LogP contribution in [0.25, 0.3) is 0 Å². The maximum absolute atomic E-state index is 5.67. The number of thioether (sulfide) groups is 1. The van der Waals surface area contributed by atoms with Crippen molar-refractivity contribution in [2.24, 2.45) is 11.1 Å². The molecule has 1 rings (SSSR count). The first-order valence-corrected chi connectivity index (χ1v) is 6.58. The minimum Gasteiger partial charge on any atom is -0.465 e. The molecule has 86 valence electrons.